The molecular formula is C17H21ClF4N4O2. The van der Waals surface area contributed by atoms with E-state index >= 15 is 0 Å². The van der Waals surface area contributed by atoms with E-state index in [1.54, 1.807) is 6.92 Å². The van der Waals surface area contributed by atoms with Gasteiger partial charge in [-0.05, 0) is 50.4 Å². The minimum Gasteiger partial charge on any atom is -0.388 e. The second kappa shape index (κ2) is 8.52. The summed E-state index contributed by atoms with van der Waals surface area (Å²) in [6, 6.07) is 1.45. The molecule has 1 aliphatic heterocycles. The number of benzene rings is 1. The molecule has 6 nitrogen and oxygen atoms in total. The molecule has 0 bridgehead atoms. The molecule has 0 spiro atoms. The summed E-state index contributed by atoms with van der Waals surface area (Å²) in [6.07, 6.45) is -4.08. The first-order valence-electron chi connectivity index (χ1n) is 8.60. The van der Waals surface area contributed by atoms with Crippen LogP contribution in [0.2, 0.25) is 0 Å². The van der Waals surface area contributed by atoms with E-state index in [2.05, 4.69) is 15.7 Å². The van der Waals surface area contributed by atoms with Crippen molar-refractivity contribution in [2.24, 2.45) is 11.8 Å². The Labute approximate surface area is 164 Å². The second-order valence-electron chi connectivity index (χ2n) is 6.86. The summed E-state index contributed by atoms with van der Waals surface area (Å²) in [4.78, 5) is 11.1. The van der Waals surface area contributed by atoms with Crippen LogP contribution in [0.15, 0.2) is 21.3 Å². The molecule has 0 radical (unpaired) electrons. The van der Waals surface area contributed by atoms with Crippen molar-refractivity contribution < 1.29 is 22.0 Å². The number of nitrogens with zero attached hydrogens (tertiary/aromatic N) is 1. The zero-order chi connectivity index (χ0) is 19.8. The summed E-state index contributed by atoms with van der Waals surface area (Å²) >= 11 is 0. The molecule has 1 aromatic carbocycles. The minimum atomic E-state index is -4.88. The van der Waals surface area contributed by atoms with Crippen molar-refractivity contribution in [2.45, 2.75) is 32.5 Å². The molecular weight excluding hydrogens is 404 g/mol. The third kappa shape index (κ3) is 4.67. The van der Waals surface area contributed by atoms with Crippen molar-refractivity contribution >= 4 is 18.1 Å². The molecule has 1 saturated heterocycles. The molecule has 2 heterocycles. The van der Waals surface area contributed by atoms with Gasteiger partial charge >= 0.3 is 11.9 Å². The normalized spacial score (nSPS) is 21.1. The van der Waals surface area contributed by atoms with E-state index in [1.165, 1.54) is 0 Å². The number of nitrogens with one attached hydrogen (secondary N) is 3. The highest BCUT2D eigenvalue weighted by atomic mass is 35.5. The molecule has 0 aliphatic carbocycles. The van der Waals surface area contributed by atoms with Crippen LogP contribution in [-0.4, -0.2) is 29.3 Å². The number of H-pyrrole nitrogens is 1. The van der Waals surface area contributed by atoms with E-state index in [1.807, 2.05) is 12.0 Å². The van der Waals surface area contributed by atoms with Crippen LogP contribution in [0.5, 0.6) is 0 Å². The zero-order valence-corrected chi connectivity index (χ0v) is 16.0. The van der Waals surface area contributed by atoms with E-state index < -0.39 is 29.0 Å². The lowest BCUT2D eigenvalue weighted by atomic mass is 9.82. The van der Waals surface area contributed by atoms with Crippen molar-refractivity contribution in [1.82, 2.24) is 15.5 Å². The lowest BCUT2D eigenvalue weighted by Crippen LogP contribution is -2.42. The Morgan fingerprint density at radius 2 is 2.07 bits per heavy atom. The molecule has 3 rings (SSSR count). The smallest absolute Gasteiger partial charge is 0.388 e. The van der Waals surface area contributed by atoms with Gasteiger partial charge in [-0.2, -0.15) is 13.2 Å². The monoisotopic (exact) mass is 424 g/mol. The largest absolute Gasteiger partial charge is 0.434 e. The van der Waals surface area contributed by atoms with Crippen LogP contribution in [0.1, 0.15) is 25.8 Å². The second-order valence-corrected chi connectivity index (χ2v) is 6.86. The van der Waals surface area contributed by atoms with Gasteiger partial charge in [-0.15, -0.1) is 17.5 Å². The van der Waals surface area contributed by atoms with Crippen molar-refractivity contribution in [3.05, 3.63) is 34.1 Å². The number of hydrogen-bond acceptors (Lipinski definition) is 5. The van der Waals surface area contributed by atoms with Gasteiger partial charge in [0, 0.05) is 11.6 Å². The van der Waals surface area contributed by atoms with E-state index in [9.17, 15) is 22.4 Å². The zero-order valence-electron chi connectivity index (χ0n) is 15.2. The van der Waals surface area contributed by atoms with Crippen molar-refractivity contribution in [2.75, 3.05) is 18.4 Å². The van der Waals surface area contributed by atoms with Gasteiger partial charge < -0.3 is 15.1 Å². The molecule has 0 amide bonds. The highest BCUT2D eigenvalue weighted by Gasteiger charge is 2.39. The first-order valence-corrected chi connectivity index (χ1v) is 8.60. The van der Waals surface area contributed by atoms with Gasteiger partial charge in [-0.1, -0.05) is 6.92 Å². The molecule has 3 atom stereocenters. The molecule has 1 fully saturated rings. The van der Waals surface area contributed by atoms with E-state index in [-0.39, 0.29) is 41.7 Å². The lowest BCUT2D eigenvalue weighted by Gasteiger charge is -2.35. The van der Waals surface area contributed by atoms with E-state index in [0.29, 0.717) is 6.07 Å². The Kier molecular flexibility index (Phi) is 6.76. The number of rotatable bonds is 4. The maximum atomic E-state index is 14.3. The molecule has 3 N–H and O–H groups in total. The molecule has 1 aliphatic rings. The molecule has 2 aromatic rings. The minimum absolute atomic E-state index is 0. The van der Waals surface area contributed by atoms with E-state index in [0.717, 1.165) is 25.6 Å². The molecule has 1 aromatic heterocycles. The molecule has 11 heteroatoms. The summed E-state index contributed by atoms with van der Waals surface area (Å²) in [5.74, 6) is -2.23. The van der Waals surface area contributed by atoms with Crippen LogP contribution in [0.4, 0.5) is 23.2 Å². The highest BCUT2D eigenvalue weighted by molar-refractivity contribution is 5.85. The first-order chi connectivity index (χ1) is 12.7. The van der Waals surface area contributed by atoms with Crippen molar-refractivity contribution in [1.29, 1.82) is 0 Å². The molecule has 28 heavy (non-hydrogen) atoms. The average molecular weight is 425 g/mol. The van der Waals surface area contributed by atoms with Gasteiger partial charge in [0.1, 0.15) is 11.4 Å². The Morgan fingerprint density at radius 1 is 1.36 bits per heavy atom. The van der Waals surface area contributed by atoms with Gasteiger partial charge in [0.15, 0.2) is 0 Å². The molecule has 1 unspecified atom stereocenters. The molecule has 0 saturated carbocycles. The number of aromatic nitrogens is 2. The predicted molar refractivity (Wildman–Crippen MR) is 98.0 cm³/mol. The fraction of sp³-hybridized carbons (Fsp3) is 0.529. The van der Waals surface area contributed by atoms with Crippen LogP contribution in [0, 0.1) is 17.7 Å². The number of alkyl halides is 3. The van der Waals surface area contributed by atoms with Crippen molar-refractivity contribution in [3.8, 4) is 11.5 Å². The summed E-state index contributed by atoms with van der Waals surface area (Å²) in [5, 5.41) is 11.6. The fourth-order valence-corrected chi connectivity index (χ4v) is 3.61. The third-order valence-electron chi connectivity index (χ3n) is 4.94. The lowest BCUT2D eigenvalue weighted by molar-refractivity contribution is -0.139. The number of piperidine rings is 1. The van der Waals surface area contributed by atoms with Crippen LogP contribution in [0.25, 0.3) is 11.5 Å². The Morgan fingerprint density at radius 3 is 2.64 bits per heavy atom. The SMILES string of the molecule is CC(Nc1cc(-c2n[nH]c(=O)o2)cc(F)c1C(F)(F)F)[C@H]1CCNC[C@H]1C.Cl. The first kappa shape index (κ1) is 22.2. The third-order valence-corrected chi connectivity index (χ3v) is 4.94. The topological polar surface area (TPSA) is 83.0 Å². The van der Waals surface area contributed by atoms with Gasteiger partial charge in [0.2, 0.25) is 5.89 Å². The van der Waals surface area contributed by atoms with Crippen LogP contribution in [-0.2, 0) is 6.18 Å². The van der Waals surface area contributed by atoms with Crippen LogP contribution in [0.3, 0.4) is 0 Å². The summed E-state index contributed by atoms with van der Waals surface area (Å²) < 4.78 is 59.4. The maximum absolute atomic E-state index is 14.3. The summed E-state index contributed by atoms with van der Waals surface area (Å²) in [5.41, 5.74) is -1.84. The standard InChI is InChI=1S/C17H20F4N4O2.ClH/c1-8-7-22-4-3-11(8)9(2)23-13-6-10(15-24-25-16(26)27-15)5-12(18)14(13)17(19,20)21;/h5-6,8-9,11,22-23H,3-4,7H2,1-2H3,(H,25,26);1H/t8-,9?,11+;/m1./s1. The van der Waals surface area contributed by atoms with Gasteiger partial charge in [0.25, 0.3) is 0 Å². The van der Waals surface area contributed by atoms with Gasteiger partial charge in [-0.25, -0.2) is 14.3 Å². The van der Waals surface area contributed by atoms with Crippen molar-refractivity contribution in [3.63, 3.8) is 0 Å². The van der Waals surface area contributed by atoms with Crippen LogP contribution < -0.4 is 16.4 Å². The highest BCUT2D eigenvalue weighted by Crippen LogP contribution is 2.40. The number of anilines is 1. The number of aromatic amines is 1. The average Bonchev–Trinajstić information content (AvgIpc) is 3.00. The van der Waals surface area contributed by atoms with Gasteiger partial charge in [-0.3, -0.25) is 0 Å². The van der Waals surface area contributed by atoms with E-state index in [4.69, 9.17) is 4.42 Å². The maximum Gasteiger partial charge on any atom is 0.434 e. The quantitative estimate of drug-likeness (QED) is 0.652. The predicted octanol–water partition coefficient (Wildman–Crippen LogP) is 3.66. The summed E-state index contributed by atoms with van der Waals surface area (Å²) in [7, 11) is 0. The molecule has 156 valence electrons. The Bertz CT molecular complexity index is 868. The Hall–Kier alpha value is -2.07. The number of halogens is 5. The number of hydrogen-bond donors (Lipinski definition) is 3. The Balaban J connectivity index is 0.00000280. The fourth-order valence-electron chi connectivity index (χ4n) is 3.61. The van der Waals surface area contributed by atoms with Gasteiger partial charge in [0.05, 0.1) is 5.69 Å². The van der Waals surface area contributed by atoms with Crippen LogP contribution >= 0.6 is 12.4 Å². The summed E-state index contributed by atoms with van der Waals surface area (Å²) in [6.45, 7) is 5.36.